The van der Waals surface area contributed by atoms with E-state index in [2.05, 4.69) is 63.8 Å². The van der Waals surface area contributed by atoms with Gasteiger partial charge in [0.15, 0.2) is 0 Å². The van der Waals surface area contributed by atoms with E-state index in [1.165, 1.54) is 69.2 Å². The molecule has 0 fully saturated rings. The summed E-state index contributed by atoms with van der Waals surface area (Å²) in [6, 6.07) is 6.23. The first-order chi connectivity index (χ1) is 32.0. The number of carbonyl (C=O) groups is 9. The van der Waals surface area contributed by atoms with Crippen molar-refractivity contribution >= 4 is 53.7 Å². The lowest BCUT2D eigenvalue weighted by Crippen LogP contribution is -2.68. The molecule has 0 saturated carbocycles. The Hall–Kier alpha value is -6.35. The second-order valence-electron chi connectivity index (χ2n) is 21.4. The molecule has 396 valence electrons. The Morgan fingerprint density at radius 1 is 0.471 bits per heavy atom. The molecule has 0 aromatic heterocycles. The average Bonchev–Trinajstić information content (AvgIpc) is 3.21. The summed E-state index contributed by atoms with van der Waals surface area (Å²) in [5.41, 5.74) is -7.06. The Bertz CT molecular complexity index is 1970. The van der Waals surface area contributed by atoms with Crippen LogP contribution in [-0.2, 0) is 35.3 Å². The van der Waals surface area contributed by atoms with E-state index < -0.39 is 87.5 Å². The van der Waals surface area contributed by atoms with Crippen molar-refractivity contribution in [2.24, 2.45) is 11.8 Å². The molecule has 12 amide bonds. The van der Waals surface area contributed by atoms with E-state index in [9.17, 15) is 43.2 Å². The van der Waals surface area contributed by atoms with Gasteiger partial charge in [0.2, 0.25) is 29.5 Å². The second kappa shape index (κ2) is 26.6. The van der Waals surface area contributed by atoms with Gasteiger partial charge < -0.3 is 68.5 Å². The minimum Gasteiger partial charge on any atom is -0.445 e. The molecule has 12 N–H and O–H groups in total. The summed E-state index contributed by atoms with van der Waals surface area (Å²) in [7, 11) is 0. The predicted molar refractivity (Wildman–Crippen MR) is 267 cm³/mol. The SMILES string of the molecule is CC(C)C[C@@H](CNC(=O)NC(C)C)NC(=O)NC[C@H](C)NC(=O)NC[C@@H](NC(=O)C(C)(C)NC(=O)C(C)(C)NC(=O)C(C)(C)NC(=O)C(C)(C)NC(=O)C(C)(C)NC(=O)OCc1ccccc1)C(C)C. The highest BCUT2D eigenvalue weighted by Gasteiger charge is 2.43. The van der Waals surface area contributed by atoms with Crippen molar-refractivity contribution in [2.45, 2.75) is 183 Å². The van der Waals surface area contributed by atoms with Crippen LogP contribution in [-0.4, -0.2) is 125 Å². The molecular weight excluding hydrogens is 905 g/mol. The number of hydrogen-bond donors (Lipinski definition) is 12. The Balaban J connectivity index is 2.76. The normalized spacial score (nSPS) is 13.4. The number of amides is 12. The number of benzene rings is 1. The van der Waals surface area contributed by atoms with Gasteiger partial charge in [-0.25, -0.2) is 19.2 Å². The number of urea groups is 3. The van der Waals surface area contributed by atoms with E-state index in [4.69, 9.17) is 4.74 Å². The first-order valence-corrected chi connectivity index (χ1v) is 23.7. The zero-order valence-corrected chi connectivity index (χ0v) is 44.5. The maximum Gasteiger partial charge on any atom is 0.408 e. The van der Waals surface area contributed by atoms with Gasteiger partial charge in [-0.05, 0) is 114 Å². The second-order valence-corrected chi connectivity index (χ2v) is 21.4. The Morgan fingerprint density at radius 3 is 1.31 bits per heavy atom. The number of carbonyl (C=O) groups excluding carboxylic acids is 9. The third-order valence-electron chi connectivity index (χ3n) is 10.7. The van der Waals surface area contributed by atoms with Crippen LogP contribution in [0.3, 0.4) is 0 Å². The molecule has 0 radical (unpaired) electrons. The summed E-state index contributed by atoms with van der Waals surface area (Å²) in [6.07, 6.45) is -0.216. The molecule has 22 heteroatoms. The number of rotatable bonds is 25. The van der Waals surface area contributed by atoms with Gasteiger partial charge >= 0.3 is 24.2 Å². The van der Waals surface area contributed by atoms with Crippen LogP contribution in [0.1, 0.15) is 130 Å². The van der Waals surface area contributed by atoms with Crippen LogP contribution in [0.15, 0.2) is 30.3 Å². The van der Waals surface area contributed by atoms with Crippen molar-refractivity contribution in [3.05, 3.63) is 35.9 Å². The molecule has 0 bridgehead atoms. The number of nitrogens with one attached hydrogen (secondary N) is 12. The molecule has 0 saturated heterocycles. The highest BCUT2D eigenvalue weighted by molar-refractivity contribution is 6.00. The third-order valence-corrected chi connectivity index (χ3v) is 10.7. The smallest absolute Gasteiger partial charge is 0.408 e. The first-order valence-electron chi connectivity index (χ1n) is 23.7. The quantitative estimate of drug-likeness (QED) is 0.0680. The molecule has 1 rings (SSSR count). The predicted octanol–water partition coefficient (Wildman–Crippen LogP) is 2.52. The molecule has 0 aliphatic carbocycles. The molecule has 1 aromatic carbocycles. The van der Waals surface area contributed by atoms with Crippen molar-refractivity contribution in [3.8, 4) is 0 Å². The van der Waals surface area contributed by atoms with Crippen molar-refractivity contribution in [2.75, 3.05) is 19.6 Å². The lowest BCUT2D eigenvalue weighted by molar-refractivity contribution is -0.141. The fraction of sp³-hybridized carbons (Fsp3) is 0.688. The maximum absolute atomic E-state index is 13.7. The monoisotopic (exact) mass is 989 g/mol. The van der Waals surface area contributed by atoms with Crippen LogP contribution < -0.4 is 63.8 Å². The lowest BCUT2D eigenvalue weighted by Gasteiger charge is -2.37. The van der Waals surface area contributed by atoms with Gasteiger partial charge in [0.1, 0.15) is 34.3 Å². The molecule has 0 aliphatic rings. The van der Waals surface area contributed by atoms with Crippen LogP contribution in [0.5, 0.6) is 0 Å². The fourth-order valence-electron chi connectivity index (χ4n) is 6.16. The summed E-state index contributed by atoms with van der Waals surface area (Å²) < 4.78 is 5.23. The number of hydrogen-bond acceptors (Lipinski definition) is 10. The molecule has 0 spiro atoms. The van der Waals surface area contributed by atoms with Crippen LogP contribution in [0.4, 0.5) is 19.2 Å². The largest absolute Gasteiger partial charge is 0.445 e. The Morgan fingerprint density at radius 2 is 0.871 bits per heavy atom. The van der Waals surface area contributed by atoms with Crippen molar-refractivity contribution < 1.29 is 47.9 Å². The van der Waals surface area contributed by atoms with E-state index in [0.29, 0.717) is 6.42 Å². The molecule has 3 atom stereocenters. The molecule has 22 nitrogen and oxygen atoms in total. The van der Waals surface area contributed by atoms with Gasteiger partial charge in [-0.2, -0.15) is 0 Å². The molecule has 70 heavy (non-hydrogen) atoms. The standard InChI is InChI=1S/C48H84N12O10/c1-28(2)23-33(25-50-40(66)52-30(5)6)54-42(68)49-24-31(7)53-41(67)51-26-34(29(3)4)55-35(61)44(8,9)56-36(62)45(10,11)57-37(63)46(12,13)58-38(64)47(14,15)59-39(65)48(16,17)60-43(69)70-27-32-21-19-18-20-22-32/h18-22,28-31,33-34H,23-27H2,1-17H3,(H,55,61)(H,56,62)(H,57,63)(H,58,64)(H,59,65)(H,60,69)(H2,49,54,68)(H2,50,52,66)(H2,51,53,67)/t31-,33-,34+/m0/s1. The zero-order valence-electron chi connectivity index (χ0n) is 44.5. The zero-order chi connectivity index (χ0) is 54.0. The summed E-state index contributed by atoms with van der Waals surface area (Å²) in [6.45, 7) is 27.8. The molecule has 1 aromatic rings. The van der Waals surface area contributed by atoms with Crippen LogP contribution in [0.25, 0.3) is 0 Å². The maximum atomic E-state index is 13.7. The molecule has 0 heterocycles. The van der Waals surface area contributed by atoms with Gasteiger partial charge in [-0.15, -0.1) is 0 Å². The minimum absolute atomic E-state index is 0.0178. The summed E-state index contributed by atoms with van der Waals surface area (Å²) in [5.74, 6) is -3.40. The fourth-order valence-corrected chi connectivity index (χ4v) is 6.16. The van der Waals surface area contributed by atoms with Crippen LogP contribution in [0, 0.1) is 11.8 Å². The lowest BCUT2D eigenvalue weighted by atomic mass is 9.94. The van der Waals surface area contributed by atoms with E-state index in [0.717, 1.165) is 5.56 Å². The van der Waals surface area contributed by atoms with Gasteiger partial charge in [0, 0.05) is 43.8 Å². The van der Waals surface area contributed by atoms with Crippen molar-refractivity contribution in [1.82, 2.24) is 63.8 Å². The molecule has 0 aliphatic heterocycles. The molecular formula is C48H84N12O10. The van der Waals surface area contributed by atoms with Crippen molar-refractivity contribution in [1.29, 1.82) is 0 Å². The summed E-state index contributed by atoms with van der Waals surface area (Å²) >= 11 is 0. The third kappa shape index (κ3) is 22.4. The van der Waals surface area contributed by atoms with Gasteiger partial charge in [0.05, 0.1) is 0 Å². The Kier molecular flexibility index (Phi) is 23.4. The van der Waals surface area contributed by atoms with Gasteiger partial charge in [0.25, 0.3) is 0 Å². The van der Waals surface area contributed by atoms with Crippen LogP contribution >= 0.6 is 0 Å². The van der Waals surface area contributed by atoms with E-state index in [1.807, 2.05) is 47.6 Å². The molecule has 0 unspecified atom stereocenters. The Labute approximate surface area is 414 Å². The topological polar surface area (TPSA) is 307 Å². The number of alkyl carbamates (subject to hydrolysis) is 1. The average molecular weight is 989 g/mol. The minimum atomic E-state index is -1.62. The van der Waals surface area contributed by atoms with E-state index in [1.54, 1.807) is 31.2 Å². The van der Waals surface area contributed by atoms with E-state index in [-0.39, 0.29) is 56.2 Å². The summed E-state index contributed by atoms with van der Waals surface area (Å²) in [5, 5.41) is 32.5. The van der Waals surface area contributed by atoms with E-state index >= 15 is 0 Å². The highest BCUT2D eigenvalue weighted by Crippen LogP contribution is 2.16. The first kappa shape index (κ1) is 61.7. The van der Waals surface area contributed by atoms with Crippen molar-refractivity contribution in [3.63, 3.8) is 0 Å². The number of ether oxygens (including phenoxy) is 1. The highest BCUT2D eigenvalue weighted by atomic mass is 16.5. The van der Waals surface area contributed by atoms with Crippen LogP contribution in [0.2, 0.25) is 0 Å². The summed E-state index contributed by atoms with van der Waals surface area (Å²) in [4.78, 5) is 118. The van der Waals surface area contributed by atoms with Gasteiger partial charge in [-0.3, -0.25) is 24.0 Å². The van der Waals surface area contributed by atoms with Gasteiger partial charge in [-0.1, -0.05) is 58.0 Å².